The van der Waals surface area contributed by atoms with Gasteiger partial charge < -0.3 is 19.3 Å². The first-order chi connectivity index (χ1) is 23.2. The van der Waals surface area contributed by atoms with E-state index < -0.39 is 16.1 Å². The summed E-state index contributed by atoms with van der Waals surface area (Å²) >= 11 is 3.47. The lowest BCUT2D eigenvalue weighted by atomic mass is 10.1. The summed E-state index contributed by atoms with van der Waals surface area (Å²) in [5.41, 5.74) is 13.9. The van der Waals surface area contributed by atoms with E-state index in [0.29, 0.717) is 0 Å². The quantitative estimate of drug-likeness (QED) is 0.161. The van der Waals surface area contributed by atoms with Crippen LogP contribution in [0.4, 0.5) is 11.4 Å². The number of morpholine rings is 2. The molecule has 0 spiro atoms. The zero-order chi connectivity index (χ0) is 35.6. The molecule has 0 bridgehead atoms. The Hall–Kier alpha value is -3.59. The summed E-state index contributed by atoms with van der Waals surface area (Å²) < 4.78 is 15.7. The molecular weight excluding hydrogens is 709 g/mol. The van der Waals surface area contributed by atoms with Crippen molar-refractivity contribution in [2.45, 2.75) is 39.3 Å². The number of nitrogens with zero attached hydrogens (tertiary/aromatic N) is 6. The number of aromatic nitrogens is 4. The summed E-state index contributed by atoms with van der Waals surface area (Å²) in [7, 11) is 1.49. The fourth-order valence-electron chi connectivity index (χ4n) is 5.01. The second-order valence-corrected chi connectivity index (χ2v) is 24.7. The van der Waals surface area contributed by atoms with E-state index >= 15 is 0 Å². The Morgan fingerprint density at radius 3 is 1.41 bits per heavy atom. The van der Waals surface area contributed by atoms with Crippen LogP contribution in [0.2, 0.25) is 39.3 Å². The Kier molecular flexibility index (Phi) is 13.6. The molecule has 49 heavy (non-hydrogen) atoms. The van der Waals surface area contributed by atoms with Gasteiger partial charge in [0.05, 0.1) is 37.8 Å². The largest absolute Gasteiger partial charge is 0.378 e. The topological polar surface area (TPSA) is 60.6 Å². The van der Waals surface area contributed by atoms with Crippen LogP contribution >= 0.6 is 15.9 Å². The minimum atomic E-state index is -1.34. The van der Waals surface area contributed by atoms with Crippen molar-refractivity contribution in [3.05, 3.63) is 71.0 Å². The van der Waals surface area contributed by atoms with Crippen LogP contribution in [0.5, 0.6) is 0 Å². The first kappa shape index (κ1) is 38.2. The first-order valence-electron chi connectivity index (χ1n) is 16.8. The molecule has 2 aromatic heterocycles. The minimum Gasteiger partial charge on any atom is -0.378 e. The molecule has 4 heterocycles. The maximum absolute atomic E-state index is 5.46. The fourth-order valence-corrected chi connectivity index (χ4v) is 5.80. The van der Waals surface area contributed by atoms with Gasteiger partial charge in [0.25, 0.3) is 0 Å². The molecule has 0 saturated carbocycles. The van der Waals surface area contributed by atoms with E-state index in [1.807, 2.05) is 35.6 Å². The van der Waals surface area contributed by atoms with Crippen LogP contribution < -0.4 is 9.80 Å². The summed E-state index contributed by atoms with van der Waals surface area (Å²) in [6.45, 7) is 20.0. The molecule has 2 saturated heterocycles. The number of rotatable bonds is 4. The van der Waals surface area contributed by atoms with Gasteiger partial charge in [0, 0.05) is 73.8 Å². The highest BCUT2D eigenvalue weighted by Gasteiger charge is 2.20. The summed E-state index contributed by atoms with van der Waals surface area (Å²) in [6, 6.07) is 16.7. The summed E-state index contributed by atoms with van der Waals surface area (Å²) in [5, 5.41) is 9.28. The molecule has 0 N–H and O–H groups in total. The van der Waals surface area contributed by atoms with Crippen molar-refractivity contribution in [3.8, 4) is 45.9 Å². The molecule has 11 heteroatoms. The van der Waals surface area contributed by atoms with E-state index in [1.54, 1.807) is 0 Å². The SMILES string of the molecule is C#C[Si](C)(C)C.Cn1cc(N2CCOCC2)c(-c2ccc(Br)cc2)n1.Cn1cc(N2CCOCC2)c(-c2ccc(C#C[Si](C)(C)C)cc2)n1. The Balaban J connectivity index is 0.000000193. The van der Waals surface area contributed by atoms with Gasteiger partial charge in [0.15, 0.2) is 0 Å². The van der Waals surface area contributed by atoms with E-state index in [4.69, 9.17) is 15.9 Å². The van der Waals surface area contributed by atoms with E-state index in [9.17, 15) is 0 Å². The molecular formula is C38H51BrN6O2Si2. The van der Waals surface area contributed by atoms with Gasteiger partial charge in [-0.15, -0.1) is 17.5 Å². The van der Waals surface area contributed by atoms with Crippen molar-refractivity contribution >= 4 is 43.5 Å². The summed E-state index contributed by atoms with van der Waals surface area (Å²) in [6.07, 6.45) is 9.30. The number of terminal acetylenes is 1. The van der Waals surface area contributed by atoms with Crippen LogP contribution in [0.25, 0.3) is 22.5 Å². The third-order valence-corrected chi connectivity index (χ3v) is 9.88. The van der Waals surface area contributed by atoms with Crippen molar-refractivity contribution in [2.24, 2.45) is 14.1 Å². The second-order valence-electron chi connectivity index (χ2n) is 14.3. The molecule has 0 amide bonds. The highest BCUT2D eigenvalue weighted by molar-refractivity contribution is 9.10. The second kappa shape index (κ2) is 17.4. The van der Waals surface area contributed by atoms with Gasteiger partial charge in [-0.05, 0) is 24.3 Å². The number of hydrogen-bond donors (Lipinski definition) is 0. The lowest BCUT2D eigenvalue weighted by Crippen LogP contribution is -2.36. The Morgan fingerprint density at radius 2 is 1.04 bits per heavy atom. The Labute approximate surface area is 303 Å². The van der Waals surface area contributed by atoms with Crippen molar-refractivity contribution in [1.29, 1.82) is 0 Å². The maximum Gasteiger partial charge on any atom is 0.129 e. The van der Waals surface area contributed by atoms with Crippen molar-refractivity contribution in [3.63, 3.8) is 0 Å². The van der Waals surface area contributed by atoms with Crippen molar-refractivity contribution in [2.75, 3.05) is 62.4 Å². The lowest BCUT2D eigenvalue weighted by Gasteiger charge is -2.28. The molecule has 2 aliphatic rings. The minimum absolute atomic E-state index is 0.777. The molecule has 0 aliphatic carbocycles. The maximum atomic E-state index is 5.46. The average Bonchev–Trinajstić information content (AvgIpc) is 3.67. The van der Waals surface area contributed by atoms with Crippen LogP contribution in [0.15, 0.2) is 65.4 Å². The average molecular weight is 760 g/mol. The van der Waals surface area contributed by atoms with E-state index in [0.717, 1.165) is 85.2 Å². The number of benzene rings is 2. The molecule has 4 aromatic rings. The molecule has 0 atom stereocenters. The van der Waals surface area contributed by atoms with Gasteiger partial charge in [-0.25, -0.2) is 0 Å². The molecule has 2 aromatic carbocycles. The molecule has 2 fully saturated rings. The summed E-state index contributed by atoms with van der Waals surface area (Å²) in [5.74, 6) is 3.31. The van der Waals surface area contributed by atoms with Gasteiger partial charge >= 0.3 is 0 Å². The third-order valence-electron chi connectivity index (χ3n) is 7.61. The number of hydrogen-bond acceptors (Lipinski definition) is 6. The normalized spacial score (nSPS) is 14.8. The molecule has 6 rings (SSSR count). The molecule has 260 valence electrons. The van der Waals surface area contributed by atoms with E-state index in [-0.39, 0.29) is 0 Å². The first-order valence-corrected chi connectivity index (χ1v) is 24.6. The van der Waals surface area contributed by atoms with Gasteiger partial charge in [-0.3, -0.25) is 9.36 Å². The molecule has 8 nitrogen and oxygen atoms in total. The number of anilines is 2. The smallest absolute Gasteiger partial charge is 0.129 e. The summed E-state index contributed by atoms with van der Waals surface area (Å²) in [4.78, 5) is 4.69. The Morgan fingerprint density at radius 1 is 0.653 bits per heavy atom. The highest BCUT2D eigenvalue weighted by Crippen LogP contribution is 2.31. The number of ether oxygens (including phenoxy) is 2. The number of aryl methyl sites for hydroxylation is 2. The van der Waals surface area contributed by atoms with Crippen LogP contribution in [0.3, 0.4) is 0 Å². The van der Waals surface area contributed by atoms with Crippen LogP contribution in [-0.2, 0) is 23.6 Å². The predicted molar refractivity (Wildman–Crippen MR) is 213 cm³/mol. The predicted octanol–water partition coefficient (Wildman–Crippen LogP) is 7.34. The zero-order valence-electron chi connectivity index (χ0n) is 30.4. The zero-order valence-corrected chi connectivity index (χ0v) is 34.0. The fraction of sp³-hybridized carbons (Fsp3) is 0.421. The number of halogens is 1. The molecule has 2 aliphatic heterocycles. The van der Waals surface area contributed by atoms with Crippen LogP contribution in [-0.4, -0.2) is 88.3 Å². The standard InChI is InChI=1S/C19H25N3OSi.C14H16BrN3O.C5H10Si/c1-21-15-18(22-10-12-23-13-11-22)19(20-21)17-7-5-16(6-8-17)9-14-24(2,3)4;1-17-10-13(18-6-8-19-9-7-18)14(16-17)11-2-4-12(15)5-3-11;1-5-6(2,3)4/h5-8,15H,10-13H2,1-4H3;2-5,10H,6-9H2,1H3;1H,2-4H3. The van der Waals surface area contributed by atoms with Gasteiger partial charge in [0.2, 0.25) is 0 Å². The lowest BCUT2D eigenvalue weighted by molar-refractivity contribution is 0.122. The third kappa shape index (κ3) is 12.1. The highest BCUT2D eigenvalue weighted by atomic mass is 79.9. The molecule has 0 radical (unpaired) electrons. The van der Waals surface area contributed by atoms with E-state index in [1.165, 1.54) is 11.4 Å². The van der Waals surface area contributed by atoms with E-state index in [2.05, 4.69) is 141 Å². The van der Waals surface area contributed by atoms with Crippen LogP contribution in [0.1, 0.15) is 5.56 Å². The van der Waals surface area contributed by atoms with Gasteiger partial charge in [-0.2, -0.15) is 10.2 Å². The van der Waals surface area contributed by atoms with Gasteiger partial charge in [0.1, 0.15) is 27.5 Å². The van der Waals surface area contributed by atoms with Crippen molar-refractivity contribution < 1.29 is 9.47 Å². The van der Waals surface area contributed by atoms with Crippen molar-refractivity contribution in [1.82, 2.24) is 19.6 Å². The van der Waals surface area contributed by atoms with Crippen LogP contribution in [0, 0.1) is 23.4 Å². The molecule has 0 unspecified atom stereocenters. The Bertz CT molecular complexity index is 1740. The van der Waals surface area contributed by atoms with Gasteiger partial charge in [-0.1, -0.05) is 85.4 Å². The monoisotopic (exact) mass is 758 g/mol.